The van der Waals surface area contributed by atoms with E-state index in [1.807, 2.05) is 49.9 Å². The van der Waals surface area contributed by atoms with Gasteiger partial charge in [-0.3, -0.25) is 4.79 Å². The van der Waals surface area contributed by atoms with E-state index in [0.717, 1.165) is 53.8 Å². The maximum atomic E-state index is 12.4. The van der Waals surface area contributed by atoms with Gasteiger partial charge >= 0.3 is 0 Å². The van der Waals surface area contributed by atoms with Crippen LogP contribution in [0.2, 0.25) is 5.02 Å². The van der Waals surface area contributed by atoms with Crippen LogP contribution in [0.5, 0.6) is 5.88 Å². The molecule has 0 saturated carbocycles. The van der Waals surface area contributed by atoms with Gasteiger partial charge in [0.2, 0.25) is 5.88 Å². The highest BCUT2D eigenvalue weighted by molar-refractivity contribution is 6.31. The highest BCUT2D eigenvalue weighted by Gasteiger charge is 2.19. The molecule has 0 radical (unpaired) electrons. The molecule has 7 heteroatoms. The molecule has 1 amide bonds. The second kappa shape index (κ2) is 8.03. The smallest absolute Gasteiger partial charge is 0.260 e. The minimum absolute atomic E-state index is 0.00125. The third kappa shape index (κ3) is 3.81. The number of halogens is 1. The monoisotopic (exact) mass is 412 g/mol. The second-order valence-corrected chi connectivity index (χ2v) is 7.99. The van der Waals surface area contributed by atoms with Crippen molar-refractivity contribution in [3.05, 3.63) is 46.1 Å². The first-order valence-corrected chi connectivity index (χ1v) is 10.4. The van der Waals surface area contributed by atoms with E-state index in [2.05, 4.69) is 4.98 Å². The van der Waals surface area contributed by atoms with Gasteiger partial charge in [-0.15, -0.1) is 0 Å². The Morgan fingerprint density at radius 3 is 2.69 bits per heavy atom. The highest BCUT2D eigenvalue weighted by Crippen LogP contribution is 2.29. The van der Waals surface area contributed by atoms with Crippen LogP contribution in [0.25, 0.3) is 16.7 Å². The summed E-state index contributed by atoms with van der Waals surface area (Å²) in [5, 5.41) is 6.36. The number of ether oxygens (including phenoxy) is 1. The first-order chi connectivity index (χ1) is 14.0. The number of aryl methyl sites for hydroxylation is 2. The molecule has 6 nitrogen and oxygen atoms in total. The van der Waals surface area contributed by atoms with E-state index in [-0.39, 0.29) is 12.5 Å². The number of aromatic nitrogens is 3. The molecule has 0 spiro atoms. The standard InChI is InChI=1S/C22H25ClN4O2/c1-14-12-19(29-13-20(28)26-10-5-4-6-11-26)24-22-21(14)16(3)25-27(22)18-9-7-8-17(23)15(18)2/h7-9,12H,4-6,10-11,13H2,1-3H3. The maximum absolute atomic E-state index is 12.4. The Bertz CT molecular complexity index is 1070. The number of pyridine rings is 1. The molecule has 152 valence electrons. The fourth-order valence-corrected chi connectivity index (χ4v) is 4.08. The van der Waals surface area contributed by atoms with Crippen molar-refractivity contribution >= 4 is 28.5 Å². The van der Waals surface area contributed by atoms with Gasteiger partial charge in [0.05, 0.1) is 11.4 Å². The highest BCUT2D eigenvalue weighted by atomic mass is 35.5. The molecule has 1 fully saturated rings. The van der Waals surface area contributed by atoms with E-state index < -0.39 is 0 Å². The number of carbonyl (C=O) groups is 1. The van der Waals surface area contributed by atoms with Gasteiger partial charge in [-0.05, 0) is 63.3 Å². The summed E-state index contributed by atoms with van der Waals surface area (Å²) in [5.74, 6) is 0.445. The number of fused-ring (bicyclic) bond motifs is 1. The molecule has 0 aliphatic carbocycles. The molecular formula is C22H25ClN4O2. The number of nitrogens with zero attached hydrogens (tertiary/aromatic N) is 4. The van der Waals surface area contributed by atoms with Crippen molar-refractivity contribution in [1.29, 1.82) is 0 Å². The third-order valence-electron chi connectivity index (χ3n) is 5.51. The van der Waals surface area contributed by atoms with Crippen LogP contribution in [0.3, 0.4) is 0 Å². The zero-order chi connectivity index (χ0) is 20.5. The molecule has 3 heterocycles. The van der Waals surface area contributed by atoms with Crippen molar-refractivity contribution in [2.75, 3.05) is 19.7 Å². The number of benzene rings is 1. The van der Waals surface area contributed by atoms with Crippen LogP contribution in [0, 0.1) is 20.8 Å². The predicted octanol–water partition coefficient (Wildman–Crippen LogP) is 4.39. The summed E-state index contributed by atoms with van der Waals surface area (Å²) in [7, 11) is 0. The summed E-state index contributed by atoms with van der Waals surface area (Å²) in [6.07, 6.45) is 3.31. The van der Waals surface area contributed by atoms with Crippen LogP contribution in [0.4, 0.5) is 0 Å². The fourth-order valence-electron chi connectivity index (χ4n) is 3.91. The Morgan fingerprint density at radius 1 is 1.17 bits per heavy atom. The number of carbonyl (C=O) groups excluding carboxylic acids is 1. The average molecular weight is 413 g/mol. The first-order valence-electron chi connectivity index (χ1n) is 9.98. The number of piperidine rings is 1. The molecule has 0 bridgehead atoms. The van der Waals surface area contributed by atoms with Crippen LogP contribution < -0.4 is 4.74 Å². The van der Waals surface area contributed by atoms with Crippen LogP contribution in [-0.4, -0.2) is 45.3 Å². The van der Waals surface area contributed by atoms with Crippen molar-refractivity contribution in [2.24, 2.45) is 0 Å². The third-order valence-corrected chi connectivity index (χ3v) is 5.92. The van der Waals surface area contributed by atoms with Gasteiger partial charge in [0, 0.05) is 29.6 Å². The van der Waals surface area contributed by atoms with E-state index >= 15 is 0 Å². The molecule has 2 aromatic heterocycles. The lowest BCUT2D eigenvalue weighted by atomic mass is 10.1. The molecule has 1 aliphatic heterocycles. The van der Waals surface area contributed by atoms with Gasteiger partial charge in [-0.1, -0.05) is 17.7 Å². The van der Waals surface area contributed by atoms with Gasteiger partial charge in [-0.25, -0.2) is 4.68 Å². The molecule has 3 aromatic rings. The van der Waals surface area contributed by atoms with Gasteiger partial charge in [0.25, 0.3) is 5.91 Å². The lowest BCUT2D eigenvalue weighted by Gasteiger charge is -2.26. The lowest BCUT2D eigenvalue weighted by Crippen LogP contribution is -2.38. The second-order valence-electron chi connectivity index (χ2n) is 7.59. The Hall–Kier alpha value is -2.60. The van der Waals surface area contributed by atoms with E-state index in [1.54, 1.807) is 4.68 Å². The Morgan fingerprint density at radius 2 is 1.93 bits per heavy atom. The summed E-state index contributed by atoms with van der Waals surface area (Å²) >= 11 is 6.31. The molecule has 0 atom stereocenters. The summed E-state index contributed by atoms with van der Waals surface area (Å²) in [5.41, 5.74) is 4.42. The van der Waals surface area contributed by atoms with Gasteiger partial charge in [0.15, 0.2) is 12.3 Å². The Labute approximate surface area is 175 Å². The molecule has 0 N–H and O–H groups in total. The molecule has 0 unspecified atom stereocenters. The number of rotatable bonds is 4. The van der Waals surface area contributed by atoms with Crippen LogP contribution in [0.1, 0.15) is 36.1 Å². The summed E-state index contributed by atoms with van der Waals surface area (Å²) < 4.78 is 7.60. The molecule has 1 aromatic carbocycles. The normalized spacial score (nSPS) is 14.4. The molecular weight excluding hydrogens is 388 g/mol. The van der Waals surface area contributed by atoms with Crippen LogP contribution >= 0.6 is 11.6 Å². The fraction of sp³-hybridized carbons (Fsp3) is 0.409. The predicted molar refractivity (Wildman–Crippen MR) is 114 cm³/mol. The van der Waals surface area contributed by atoms with Gasteiger partial charge in [-0.2, -0.15) is 10.1 Å². The van der Waals surface area contributed by atoms with Crippen molar-refractivity contribution in [1.82, 2.24) is 19.7 Å². The minimum atomic E-state index is 0.00125. The number of likely N-dealkylation sites (tertiary alicyclic amines) is 1. The van der Waals surface area contributed by atoms with Crippen molar-refractivity contribution in [3.63, 3.8) is 0 Å². The van der Waals surface area contributed by atoms with E-state index in [4.69, 9.17) is 21.4 Å². The first kappa shape index (κ1) is 19.7. The van der Waals surface area contributed by atoms with E-state index in [1.165, 1.54) is 6.42 Å². The van der Waals surface area contributed by atoms with Crippen molar-refractivity contribution in [2.45, 2.75) is 40.0 Å². The van der Waals surface area contributed by atoms with Crippen LogP contribution in [0.15, 0.2) is 24.3 Å². The molecule has 29 heavy (non-hydrogen) atoms. The van der Waals surface area contributed by atoms with Crippen molar-refractivity contribution < 1.29 is 9.53 Å². The molecule has 4 rings (SSSR count). The zero-order valence-corrected chi connectivity index (χ0v) is 17.8. The average Bonchev–Trinajstić information content (AvgIpc) is 3.05. The molecule has 1 aliphatic rings. The van der Waals surface area contributed by atoms with Crippen LogP contribution in [-0.2, 0) is 4.79 Å². The van der Waals surface area contributed by atoms with Crippen molar-refractivity contribution in [3.8, 4) is 11.6 Å². The maximum Gasteiger partial charge on any atom is 0.260 e. The quantitative estimate of drug-likeness (QED) is 0.637. The zero-order valence-electron chi connectivity index (χ0n) is 17.0. The van der Waals surface area contributed by atoms with Gasteiger partial charge in [0.1, 0.15) is 0 Å². The summed E-state index contributed by atoms with van der Waals surface area (Å²) in [4.78, 5) is 19.0. The minimum Gasteiger partial charge on any atom is -0.467 e. The number of hydrogen-bond donors (Lipinski definition) is 0. The topological polar surface area (TPSA) is 60.3 Å². The van der Waals surface area contributed by atoms with Gasteiger partial charge < -0.3 is 9.64 Å². The summed E-state index contributed by atoms with van der Waals surface area (Å²) in [6, 6.07) is 7.60. The Kier molecular flexibility index (Phi) is 5.46. The largest absolute Gasteiger partial charge is 0.467 e. The molecule has 1 saturated heterocycles. The van der Waals surface area contributed by atoms with E-state index in [0.29, 0.717) is 16.5 Å². The Balaban J connectivity index is 1.66. The number of amides is 1. The number of hydrogen-bond acceptors (Lipinski definition) is 4. The summed E-state index contributed by atoms with van der Waals surface area (Å²) in [6.45, 7) is 7.56. The lowest BCUT2D eigenvalue weighted by molar-refractivity contribution is -0.134. The van der Waals surface area contributed by atoms with E-state index in [9.17, 15) is 4.79 Å². The SMILES string of the molecule is Cc1c(Cl)cccc1-n1nc(C)c2c(C)cc(OCC(=O)N3CCCCC3)nc21.